The summed E-state index contributed by atoms with van der Waals surface area (Å²) < 4.78 is 10.8. The Balaban J connectivity index is 2.61. The topological polar surface area (TPSA) is 54.9 Å². The van der Waals surface area contributed by atoms with Crippen LogP contribution in [-0.4, -0.2) is 38.4 Å². The molecule has 0 fully saturated rings. The van der Waals surface area contributed by atoms with E-state index in [4.69, 9.17) is 9.47 Å². The first-order chi connectivity index (χ1) is 10.5. The maximum Gasteiger partial charge on any atom is 0.191 e. The Hall–Kier alpha value is -1.75. The molecule has 1 atom stereocenters. The number of nitrogens with zero attached hydrogens (tertiary/aromatic N) is 1. The van der Waals surface area contributed by atoms with Crippen LogP contribution in [0.15, 0.2) is 29.3 Å². The van der Waals surface area contributed by atoms with Gasteiger partial charge < -0.3 is 20.1 Å². The van der Waals surface area contributed by atoms with Gasteiger partial charge in [0.25, 0.3) is 0 Å². The number of rotatable bonds is 8. The third kappa shape index (κ3) is 7.31. The molecule has 1 aromatic carbocycles. The quantitative estimate of drug-likeness (QED) is 0.572. The molecule has 1 unspecified atom stereocenters. The van der Waals surface area contributed by atoms with E-state index in [0.717, 1.165) is 23.8 Å². The number of hydrogen-bond acceptors (Lipinski definition) is 3. The molecule has 0 aliphatic rings. The minimum atomic E-state index is 0.190. The van der Waals surface area contributed by atoms with Crippen molar-refractivity contribution in [3.63, 3.8) is 0 Å². The van der Waals surface area contributed by atoms with Crippen LogP contribution in [-0.2, 0) is 11.3 Å². The predicted molar refractivity (Wildman–Crippen MR) is 91.5 cm³/mol. The van der Waals surface area contributed by atoms with Crippen LogP contribution in [0.4, 0.5) is 0 Å². The molecular formula is C17H29N3O2. The van der Waals surface area contributed by atoms with E-state index in [9.17, 15) is 0 Å². The molecule has 0 spiro atoms. The van der Waals surface area contributed by atoms with Crippen LogP contribution in [0.25, 0.3) is 0 Å². The molecule has 2 N–H and O–H groups in total. The largest absolute Gasteiger partial charge is 0.491 e. The van der Waals surface area contributed by atoms with Gasteiger partial charge in [-0.2, -0.15) is 0 Å². The van der Waals surface area contributed by atoms with E-state index in [-0.39, 0.29) is 12.1 Å². The van der Waals surface area contributed by atoms with Crippen LogP contribution in [0.2, 0.25) is 0 Å². The van der Waals surface area contributed by atoms with Crippen LogP contribution in [0.3, 0.4) is 0 Å². The van der Waals surface area contributed by atoms with E-state index >= 15 is 0 Å². The summed E-state index contributed by atoms with van der Waals surface area (Å²) in [6.07, 6.45) is 0.190. The lowest BCUT2D eigenvalue weighted by molar-refractivity contribution is 0.179. The molecule has 5 nitrogen and oxygen atoms in total. The van der Waals surface area contributed by atoms with Gasteiger partial charge in [-0.1, -0.05) is 12.1 Å². The van der Waals surface area contributed by atoms with Crippen molar-refractivity contribution < 1.29 is 9.47 Å². The zero-order valence-corrected chi connectivity index (χ0v) is 14.3. The Bertz CT molecular complexity index is 444. The zero-order chi connectivity index (χ0) is 16.4. The summed E-state index contributed by atoms with van der Waals surface area (Å²) in [5.74, 6) is 1.69. The molecule has 0 radical (unpaired) electrons. The fourth-order valence-electron chi connectivity index (χ4n) is 1.96. The minimum absolute atomic E-state index is 0.190. The van der Waals surface area contributed by atoms with Crippen LogP contribution < -0.4 is 15.4 Å². The van der Waals surface area contributed by atoms with Crippen molar-refractivity contribution in [2.24, 2.45) is 4.99 Å². The molecule has 0 heterocycles. The highest BCUT2D eigenvalue weighted by Gasteiger charge is 2.04. The van der Waals surface area contributed by atoms with Gasteiger partial charge in [0.05, 0.1) is 19.3 Å². The summed E-state index contributed by atoms with van der Waals surface area (Å²) in [5.41, 5.74) is 1.15. The summed E-state index contributed by atoms with van der Waals surface area (Å²) in [5, 5.41) is 6.55. The lowest BCUT2D eigenvalue weighted by atomic mass is 10.2. The maximum absolute atomic E-state index is 5.64. The van der Waals surface area contributed by atoms with E-state index in [2.05, 4.69) is 29.5 Å². The monoisotopic (exact) mass is 307 g/mol. The van der Waals surface area contributed by atoms with Crippen molar-refractivity contribution in [1.82, 2.24) is 10.6 Å². The van der Waals surface area contributed by atoms with Crippen molar-refractivity contribution in [2.75, 3.05) is 20.3 Å². The predicted octanol–water partition coefficient (Wildman–Crippen LogP) is 2.56. The highest BCUT2D eigenvalue weighted by molar-refractivity contribution is 5.80. The summed E-state index contributed by atoms with van der Waals surface area (Å²) in [6.45, 7) is 10.3. The lowest BCUT2D eigenvalue weighted by Gasteiger charge is -2.17. The van der Waals surface area contributed by atoms with Crippen molar-refractivity contribution in [1.29, 1.82) is 0 Å². The molecule has 1 aromatic rings. The third-order valence-electron chi connectivity index (χ3n) is 2.86. The average Bonchev–Trinajstić information content (AvgIpc) is 2.46. The second-order valence-electron chi connectivity index (χ2n) is 5.51. The molecule has 0 bridgehead atoms. The smallest absolute Gasteiger partial charge is 0.191 e. The summed E-state index contributed by atoms with van der Waals surface area (Å²) in [6, 6.07) is 8.27. The number of aliphatic imine (C=N–C) groups is 1. The fourth-order valence-corrected chi connectivity index (χ4v) is 1.96. The maximum atomic E-state index is 5.64. The van der Waals surface area contributed by atoms with Gasteiger partial charge in [-0.3, -0.25) is 0 Å². The Labute approximate surface area is 134 Å². The van der Waals surface area contributed by atoms with E-state index in [0.29, 0.717) is 13.2 Å². The number of benzene rings is 1. The fraction of sp³-hybridized carbons (Fsp3) is 0.588. The van der Waals surface area contributed by atoms with Crippen molar-refractivity contribution in [3.05, 3.63) is 29.8 Å². The molecule has 0 aliphatic carbocycles. The Morgan fingerprint density at radius 3 is 2.41 bits per heavy atom. The second kappa shape index (κ2) is 10.1. The van der Waals surface area contributed by atoms with E-state index in [1.54, 1.807) is 7.11 Å². The van der Waals surface area contributed by atoms with Gasteiger partial charge in [-0.25, -0.2) is 4.99 Å². The SMILES string of the molecule is CCNC(=NCc1ccc(OC(C)C)cc1)NC(C)COC. The normalized spacial score (nSPS) is 13.1. The van der Waals surface area contributed by atoms with Crippen molar-refractivity contribution in [3.8, 4) is 5.75 Å². The molecule has 0 saturated heterocycles. The van der Waals surface area contributed by atoms with E-state index < -0.39 is 0 Å². The van der Waals surface area contributed by atoms with Crippen molar-refractivity contribution >= 4 is 5.96 Å². The standard InChI is InChI=1S/C17H29N3O2/c1-6-18-17(20-14(4)12-21-5)19-11-15-7-9-16(10-8-15)22-13(2)3/h7-10,13-14H,6,11-12H2,1-5H3,(H2,18,19,20). The Morgan fingerprint density at radius 1 is 1.18 bits per heavy atom. The molecule has 124 valence electrons. The molecular weight excluding hydrogens is 278 g/mol. The molecule has 0 aromatic heterocycles. The molecule has 1 rings (SSSR count). The molecule has 0 aliphatic heterocycles. The number of guanidine groups is 1. The second-order valence-corrected chi connectivity index (χ2v) is 5.51. The minimum Gasteiger partial charge on any atom is -0.491 e. The van der Waals surface area contributed by atoms with Gasteiger partial charge in [-0.05, 0) is 45.4 Å². The Morgan fingerprint density at radius 2 is 1.86 bits per heavy atom. The first-order valence-electron chi connectivity index (χ1n) is 7.84. The van der Waals surface area contributed by atoms with Gasteiger partial charge in [0.1, 0.15) is 5.75 Å². The van der Waals surface area contributed by atoms with E-state index in [1.165, 1.54) is 0 Å². The number of nitrogens with one attached hydrogen (secondary N) is 2. The molecule has 0 saturated carbocycles. The van der Waals surface area contributed by atoms with Gasteiger partial charge >= 0.3 is 0 Å². The highest BCUT2D eigenvalue weighted by atomic mass is 16.5. The number of methoxy groups -OCH3 is 1. The van der Waals surface area contributed by atoms with Crippen LogP contribution in [0.1, 0.15) is 33.3 Å². The number of ether oxygens (including phenoxy) is 2. The van der Waals surface area contributed by atoms with Gasteiger partial charge in [0.15, 0.2) is 5.96 Å². The van der Waals surface area contributed by atoms with Gasteiger partial charge in [-0.15, -0.1) is 0 Å². The summed E-state index contributed by atoms with van der Waals surface area (Å²) in [7, 11) is 1.70. The van der Waals surface area contributed by atoms with Gasteiger partial charge in [0, 0.05) is 19.7 Å². The molecule has 22 heavy (non-hydrogen) atoms. The van der Waals surface area contributed by atoms with Crippen LogP contribution in [0.5, 0.6) is 5.75 Å². The number of hydrogen-bond donors (Lipinski definition) is 2. The first kappa shape index (κ1) is 18.3. The first-order valence-corrected chi connectivity index (χ1v) is 7.84. The summed E-state index contributed by atoms with van der Waals surface area (Å²) >= 11 is 0. The van der Waals surface area contributed by atoms with Crippen LogP contribution in [0, 0.1) is 0 Å². The van der Waals surface area contributed by atoms with Gasteiger partial charge in [0.2, 0.25) is 0 Å². The summed E-state index contributed by atoms with van der Waals surface area (Å²) in [4.78, 5) is 4.59. The van der Waals surface area contributed by atoms with E-state index in [1.807, 2.05) is 38.1 Å². The van der Waals surface area contributed by atoms with Crippen molar-refractivity contribution in [2.45, 2.75) is 46.4 Å². The average molecular weight is 307 g/mol. The zero-order valence-electron chi connectivity index (χ0n) is 14.3. The third-order valence-corrected chi connectivity index (χ3v) is 2.86. The molecule has 0 amide bonds. The molecule has 5 heteroatoms. The highest BCUT2D eigenvalue weighted by Crippen LogP contribution is 2.14. The van der Waals surface area contributed by atoms with Crippen LogP contribution >= 0.6 is 0 Å². The lowest BCUT2D eigenvalue weighted by Crippen LogP contribution is -2.43. The Kier molecular flexibility index (Phi) is 8.36.